The van der Waals surface area contributed by atoms with E-state index in [0.717, 1.165) is 23.0 Å². The standard InChI is InChI=1S/C15H19BN2O2/c1-5-15(4)14(2,3)19-16(20-15)13-10-17-11-8-6-7-9-12(11)18-13/h6-10H,5H2,1-4H3. The highest BCUT2D eigenvalue weighted by molar-refractivity contribution is 6.61. The van der Waals surface area contributed by atoms with Crippen LogP contribution in [0.4, 0.5) is 0 Å². The van der Waals surface area contributed by atoms with Crippen LogP contribution in [0.2, 0.25) is 0 Å². The van der Waals surface area contributed by atoms with Crippen molar-refractivity contribution in [3.05, 3.63) is 30.5 Å². The first-order valence-electron chi connectivity index (χ1n) is 7.02. The Bertz CT molecular complexity index is 647. The second-order valence-corrected chi connectivity index (χ2v) is 5.95. The molecule has 1 aliphatic rings. The molecule has 3 rings (SSSR count). The van der Waals surface area contributed by atoms with E-state index in [4.69, 9.17) is 9.31 Å². The van der Waals surface area contributed by atoms with E-state index in [1.807, 2.05) is 24.3 Å². The average molecular weight is 270 g/mol. The lowest BCUT2D eigenvalue weighted by atomic mass is 9.85. The van der Waals surface area contributed by atoms with E-state index in [9.17, 15) is 0 Å². The summed E-state index contributed by atoms with van der Waals surface area (Å²) in [6, 6.07) is 7.81. The summed E-state index contributed by atoms with van der Waals surface area (Å²) < 4.78 is 12.2. The van der Waals surface area contributed by atoms with Crippen LogP contribution < -0.4 is 5.59 Å². The summed E-state index contributed by atoms with van der Waals surface area (Å²) in [7, 11) is -0.452. The molecule has 2 aromatic rings. The van der Waals surface area contributed by atoms with E-state index in [1.165, 1.54) is 0 Å². The SMILES string of the molecule is CCC1(C)OB(c2cnc3ccccc3n2)OC1(C)C. The molecule has 1 aromatic carbocycles. The lowest BCUT2D eigenvalue weighted by Gasteiger charge is -2.35. The lowest BCUT2D eigenvalue weighted by molar-refractivity contribution is -0.0118. The smallest absolute Gasteiger partial charge is 0.398 e. The maximum absolute atomic E-state index is 6.12. The Kier molecular flexibility index (Phi) is 3.07. The monoisotopic (exact) mass is 270 g/mol. The van der Waals surface area contributed by atoms with Crippen molar-refractivity contribution in [1.29, 1.82) is 0 Å². The fourth-order valence-electron chi connectivity index (χ4n) is 2.51. The first-order valence-corrected chi connectivity index (χ1v) is 7.02. The highest BCUT2D eigenvalue weighted by Crippen LogP contribution is 2.39. The largest absolute Gasteiger partial charge is 0.516 e. The van der Waals surface area contributed by atoms with Gasteiger partial charge in [-0.25, -0.2) is 0 Å². The third kappa shape index (κ3) is 2.01. The molecule has 0 bridgehead atoms. The van der Waals surface area contributed by atoms with Crippen molar-refractivity contribution in [2.75, 3.05) is 0 Å². The molecule has 1 unspecified atom stereocenters. The van der Waals surface area contributed by atoms with Crippen LogP contribution in [0.15, 0.2) is 30.5 Å². The number of hydrogen-bond acceptors (Lipinski definition) is 4. The van der Waals surface area contributed by atoms with Gasteiger partial charge in [-0.2, -0.15) is 0 Å². The first-order chi connectivity index (χ1) is 9.45. The topological polar surface area (TPSA) is 44.2 Å². The Hall–Kier alpha value is -1.46. The van der Waals surface area contributed by atoms with E-state index in [1.54, 1.807) is 6.20 Å². The molecule has 1 aliphatic heterocycles. The van der Waals surface area contributed by atoms with Gasteiger partial charge in [0.05, 0.1) is 27.8 Å². The summed E-state index contributed by atoms with van der Waals surface area (Å²) in [5, 5.41) is 0. The molecule has 0 aliphatic carbocycles. The zero-order valence-electron chi connectivity index (χ0n) is 12.4. The first kappa shape index (κ1) is 13.5. The molecule has 20 heavy (non-hydrogen) atoms. The summed E-state index contributed by atoms with van der Waals surface area (Å²) in [6.45, 7) is 8.32. The molecule has 4 nitrogen and oxygen atoms in total. The van der Waals surface area contributed by atoms with Crippen molar-refractivity contribution in [2.24, 2.45) is 0 Å². The van der Waals surface area contributed by atoms with Gasteiger partial charge in [-0.1, -0.05) is 19.1 Å². The van der Waals surface area contributed by atoms with E-state index >= 15 is 0 Å². The number of fused-ring (bicyclic) bond motifs is 1. The van der Waals surface area contributed by atoms with Crippen LogP contribution >= 0.6 is 0 Å². The zero-order chi connectivity index (χ0) is 14.4. The van der Waals surface area contributed by atoms with Crippen LogP contribution in [0.5, 0.6) is 0 Å². The average Bonchev–Trinajstić information content (AvgIpc) is 2.69. The summed E-state index contributed by atoms with van der Waals surface area (Å²) >= 11 is 0. The van der Waals surface area contributed by atoms with E-state index < -0.39 is 7.12 Å². The Balaban J connectivity index is 1.97. The molecule has 104 valence electrons. The molecule has 1 aromatic heterocycles. The zero-order valence-corrected chi connectivity index (χ0v) is 12.4. The molecule has 5 heteroatoms. The number of rotatable bonds is 2. The highest BCUT2D eigenvalue weighted by Gasteiger charge is 2.54. The van der Waals surface area contributed by atoms with E-state index in [2.05, 4.69) is 37.7 Å². The van der Waals surface area contributed by atoms with Crippen LogP contribution in [0, 0.1) is 0 Å². The quantitative estimate of drug-likeness (QED) is 0.785. The molecule has 0 saturated carbocycles. The maximum Gasteiger partial charge on any atom is 0.516 e. The Morgan fingerprint density at radius 2 is 1.80 bits per heavy atom. The maximum atomic E-state index is 6.12. The fraction of sp³-hybridized carbons (Fsp3) is 0.467. The highest BCUT2D eigenvalue weighted by atomic mass is 16.7. The molecule has 0 radical (unpaired) electrons. The molecule has 0 amide bonds. The summed E-state index contributed by atoms with van der Waals surface area (Å²) in [4.78, 5) is 9.03. The minimum Gasteiger partial charge on any atom is -0.398 e. The second-order valence-electron chi connectivity index (χ2n) is 5.95. The van der Waals surface area contributed by atoms with Crippen molar-refractivity contribution in [3.8, 4) is 0 Å². The molecule has 1 saturated heterocycles. The Labute approximate surface area is 119 Å². The van der Waals surface area contributed by atoms with Crippen LogP contribution in [0.1, 0.15) is 34.1 Å². The number of aromatic nitrogens is 2. The predicted octanol–water partition coefficient (Wildman–Crippen LogP) is 2.32. The molecule has 1 atom stereocenters. The third-order valence-corrected chi connectivity index (χ3v) is 4.43. The van der Waals surface area contributed by atoms with Crippen molar-refractivity contribution in [2.45, 2.75) is 45.3 Å². The molecule has 2 heterocycles. The van der Waals surface area contributed by atoms with Crippen molar-refractivity contribution >= 4 is 23.7 Å². The normalized spacial score (nSPS) is 25.3. The van der Waals surface area contributed by atoms with Gasteiger partial charge in [0, 0.05) is 6.20 Å². The number of para-hydroxylation sites is 2. The Morgan fingerprint density at radius 3 is 2.45 bits per heavy atom. The van der Waals surface area contributed by atoms with Crippen LogP contribution in [-0.2, 0) is 9.31 Å². The molecular weight excluding hydrogens is 251 g/mol. The van der Waals surface area contributed by atoms with E-state index in [0.29, 0.717) is 0 Å². The molecule has 0 N–H and O–H groups in total. The van der Waals surface area contributed by atoms with Crippen LogP contribution in [-0.4, -0.2) is 28.3 Å². The molecule has 0 spiro atoms. The van der Waals surface area contributed by atoms with E-state index in [-0.39, 0.29) is 11.2 Å². The van der Waals surface area contributed by atoms with Gasteiger partial charge < -0.3 is 9.31 Å². The van der Waals surface area contributed by atoms with Crippen LogP contribution in [0.3, 0.4) is 0 Å². The fourth-order valence-corrected chi connectivity index (χ4v) is 2.51. The minimum absolute atomic E-state index is 0.314. The van der Waals surface area contributed by atoms with Gasteiger partial charge in [0.15, 0.2) is 0 Å². The summed E-state index contributed by atoms with van der Waals surface area (Å²) in [5.74, 6) is 0. The van der Waals surface area contributed by atoms with Gasteiger partial charge in [0.1, 0.15) is 0 Å². The summed E-state index contributed by atoms with van der Waals surface area (Å²) in [5.41, 5.74) is 1.81. The summed E-state index contributed by atoms with van der Waals surface area (Å²) in [6.07, 6.45) is 2.63. The van der Waals surface area contributed by atoms with Gasteiger partial charge in [0.2, 0.25) is 0 Å². The van der Waals surface area contributed by atoms with Gasteiger partial charge in [0.25, 0.3) is 0 Å². The number of benzene rings is 1. The van der Waals surface area contributed by atoms with Gasteiger partial charge in [-0.15, -0.1) is 0 Å². The van der Waals surface area contributed by atoms with Crippen molar-refractivity contribution < 1.29 is 9.31 Å². The van der Waals surface area contributed by atoms with Gasteiger partial charge in [-0.3, -0.25) is 9.97 Å². The van der Waals surface area contributed by atoms with Crippen LogP contribution in [0.25, 0.3) is 11.0 Å². The predicted molar refractivity (Wildman–Crippen MR) is 79.9 cm³/mol. The second kappa shape index (κ2) is 4.53. The van der Waals surface area contributed by atoms with Crippen molar-refractivity contribution in [3.63, 3.8) is 0 Å². The minimum atomic E-state index is -0.452. The third-order valence-electron chi connectivity index (χ3n) is 4.43. The molecule has 1 fully saturated rings. The molecular formula is C15H19BN2O2. The van der Waals surface area contributed by atoms with Crippen molar-refractivity contribution in [1.82, 2.24) is 9.97 Å². The number of hydrogen-bond donors (Lipinski definition) is 0. The number of nitrogens with zero attached hydrogens (tertiary/aromatic N) is 2. The Morgan fingerprint density at radius 1 is 1.10 bits per heavy atom. The van der Waals surface area contributed by atoms with Gasteiger partial charge in [-0.05, 0) is 39.3 Å². The van der Waals surface area contributed by atoms with Gasteiger partial charge >= 0.3 is 7.12 Å². The lowest BCUT2D eigenvalue weighted by Crippen LogP contribution is -2.44.